The second-order valence-electron chi connectivity index (χ2n) is 15.3. The number of fused-ring (bicyclic) bond motifs is 5. The van der Waals surface area contributed by atoms with E-state index < -0.39 is 0 Å². The predicted molar refractivity (Wildman–Crippen MR) is 173 cm³/mol. The molecule has 7 atom stereocenters. The highest BCUT2D eigenvalue weighted by atomic mass is 19.1. The second-order valence-corrected chi connectivity index (χ2v) is 15.3. The highest BCUT2D eigenvalue weighted by Gasteiger charge is 2.62. The Hall–Kier alpha value is -1.91. The van der Waals surface area contributed by atoms with E-state index in [1.165, 1.54) is 89.2 Å². The molecule has 43 heavy (non-hydrogen) atoms. The summed E-state index contributed by atoms with van der Waals surface area (Å²) in [6.07, 6.45) is 21.5. The number of piperidine rings is 1. The van der Waals surface area contributed by atoms with Gasteiger partial charge in [-0.1, -0.05) is 78.6 Å². The zero-order valence-electron chi connectivity index (χ0n) is 27.7. The van der Waals surface area contributed by atoms with Crippen LogP contribution in [-0.2, 0) is 4.79 Å². The molecule has 0 unspecified atom stereocenters. The van der Waals surface area contributed by atoms with E-state index in [4.69, 9.17) is 0 Å². The lowest BCUT2D eigenvalue weighted by molar-refractivity contribution is -0.158. The molecule has 240 valence electrons. The van der Waals surface area contributed by atoms with Crippen LogP contribution in [0, 0.1) is 34.4 Å². The van der Waals surface area contributed by atoms with E-state index in [0.29, 0.717) is 41.7 Å². The molecule has 0 spiro atoms. The van der Waals surface area contributed by atoms with Gasteiger partial charge in [0.15, 0.2) is 0 Å². The number of hydrogen-bond donors (Lipinski definition) is 0. The molecule has 5 rings (SSSR count). The van der Waals surface area contributed by atoms with Crippen LogP contribution < -0.4 is 0 Å². The summed E-state index contributed by atoms with van der Waals surface area (Å²) in [7, 11) is 2.04. The minimum Gasteiger partial charge on any atom is -0.342 e. The third-order valence-electron chi connectivity index (χ3n) is 13.0. The van der Waals surface area contributed by atoms with E-state index >= 15 is 0 Å². The number of benzene rings is 1. The van der Waals surface area contributed by atoms with Gasteiger partial charge in [-0.3, -0.25) is 9.59 Å². The number of hydrogen-bond acceptors (Lipinski definition) is 2. The quantitative estimate of drug-likeness (QED) is 0.213. The molecular formula is C38H59FN2O2. The Morgan fingerprint density at radius 2 is 1.47 bits per heavy atom. The average Bonchev–Trinajstić information content (AvgIpc) is 3.35. The van der Waals surface area contributed by atoms with Crippen molar-refractivity contribution < 1.29 is 14.0 Å². The SMILES string of the molecule is CCCCCCCCCCCCN(C(=O)c1ccc(F)cc1)[C@H]1CC[C@H]2[C@@H]3CC[C@H]4N(C)C(=O)CC[C@]4(C)[C@H]3CC[C@]12C. The zero-order valence-corrected chi connectivity index (χ0v) is 27.7. The van der Waals surface area contributed by atoms with Crippen molar-refractivity contribution in [1.29, 1.82) is 0 Å². The number of halogens is 1. The monoisotopic (exact) mass is 594 g/mol. The van der Waals surface area contributed by atoms with Crippen molar-refractivity contribution in [3.05, 3.63) is 35.6 Å². The third kappa shape index (κ3) is 6.57. The van der Waals surface area contributed by atoms with E-state index in [1.54, 1.807) is 12.1 Å². The first-order valence-electron chi connectivity index (χ1n) is 18.0. The van der Waals surface area contributed by atoms with Crippen molar-refractivity contribution >= 4 is 11.8 Å². The highest BCUT2D eigenvalue weighted by Crippen LogP contribution is 2.65. The Labute approximate surface area is 261 Å². The van der Waals surface area contributed by atoms with E-state index in [2.05, 4.69) is 30.6 Å². The fourth-order valence-corrected chi connectivity index (χ4v) is 10.6. The van der Waals surface area contributed by atoms with Gasteiger partial charge in [-0.05, 0) is 104 Å². The first-order valence-corrected chi connectivity index (χ1v) is 18.0. The van der Waals surface area contributed by atoms with Crippen molar-refractivity contribution in [2.24, 2.45) is 28.6 Å². The lowest BCUT2D eigenvalue weighted by Gasteiger charge is -2.62. The molecule has 1 aromatic rings. The first kappa shape index (κ1) is 32.5. The maximum Gasteiger partial charge on any atom is 0.254 e. The summed E-state index contributed by atoms with van der Waals surface area (Å²) in [5.74, 6) is 2.11. The normalized spacial score (nSPS) is 33.6. The van der Waals surface area contributed by atoms with Gasteiger partial charge in [-0.2, -0.15) is 0 Å². The molecule has 4 nitrogen and oxygen atoms in total. The summed E-state index contributed by atoms with van der Waals surface area (Å²) < 4.78 is 13.8. The number of carbonyl (C=O) groups excluding carboxylic acids is 2. The molecule has 0 N–H and O–H groups in total. The Morgan fingerprint density at radius 3 is 2.14 bits per heavy atom. The number of likely N-dealkylation sites (tertiary alicyclic amines) is 1. The number of rotatable bonds is 13. The highest BCUT2D eigenvalue weighted by molar-refractivity contribution is 5.94. The molecule has 0 radical (unpaired) electrons. The van der Waals surface area contributed by atoms with Gasteiger partial charge in [-0.25, -0.2) is 4.39 Å². The molecule has 0 bridgehead atoms. The maximum absolute atomic E-state index is 14.1. The molecular weight excluding hydrogens is 535 g/mol. The van der Waals surface area contributed by atoms with Crippen LogP contribution in [0.15, 0.2) is 24.3 Å². The molecule has 4 fully saturated rings. The van der Waals surface area contributed by atoms with Crippen LogP contribution in [0.4, 0.5) is 4.39 Å². The summed E-state index contributed by atoms with van der Waals surface area (Å²) in [6, 6.07) is 6.85. The van der Waals surface area contributed by atoms with Crippen LogP contribution in [0.1, 0.15) is 147 Å². The molecule has 0 aromatic heterocycles. The molecule has 2 amide bonds. The van der Waals surface area contributed by atoms with Gasteiger partial charge in [0.05, 0.1) is 0 Å². The Balaban J connectivity index is 1.26. The Kier molecular flexibility index (Phi) is 10.6. The largest absolute Gasteiger partial charge is 0.342 e. The Morgan fingerprint density at radius 1 is 0.837 bits per heavy atom. The molecule has 1 saturated heterocycles. The van der Waals surface area contributed by atoms with Crippen molar-refractivity contribution in [3.63, 3.8) is 0 Å². The minimum absolute atomic E-state index is 0.0908. The third-order valence-corrected chi connectivity index (χ3v) is 13.0. The Bertz CT molecular complexity index is 1090. The van der Waals surface area contributed by atoms with Gasteiger partial charge in [-0.15, -0.1) is 0 Å². The van der Waals surface area contributed by atoms with Crippen molar-refractivity contribution in [3.8, 4) is 0 Å². The number of carbonyl (C=O) groups is 2. The molecule has 1 heterocycles. The molecule has 5 heteroatoms. The van der Waals surface area contributed by atoms with Gasteiger partial charge in [0.25, 0.3) is 5.91 Å². The van der Waals surface area contributed by atoms with Gasteiger partial charge in [0.1, 0.15) is 5.82 Å². The summed E-state index contributed by atoms with van der Waals surface area (Å²) in [4.78, 5) is 31.0. The van der Waals surface area contributed by atoms with Crippen LogP contribution in [-0.4, -0.2) is 47.3 Å². The van der Waals surface area contributed by atoms with Gasteiger partial charge >= 0.3 is 0 Å². The van der Waals surface area contributed by atoms with Gasteiger partial charge in [0.2, 0.25) is 5.91 Å². The molecule has 4 aliphatic rings. The topological polar surface area (TPSA) is 40.6 Å². The molecule has 3 aliphatic carbocycles. The van der Waals surface area contributed by atoms with Crippen molar-refractivity contribution in [1.82, 2.24) is 9.80 Å². The number of unbranched alkanes of at least 4 members (excludes halogenated alkanes) is 9. The molecule has 1 aliphatic heterocycles. The van der Waals surface area contributed by atoms with E-state index in [-0.39, 0.29) is 28.6 Å². The lowest BCUT2D eigenvalue weighted by atomic mass is 9.47. The van der Waals surface area contributed by atoms with Gasteiger partial charge < -0.3 is 9.80 Å². The van der Waals surface area contributed by atoms with Crippen LogP contribution in [0.25, 0.3) is 0 Å². The molecule has 1 aromatic carbocycles. The summed E-state index contributed by atoms with van der Waals surface area (Å²) >= 11 is 0. The second kappa shape index (κ2) is 14.0. The zero-order chi connectivity index (χ0) is 30.6. The number of nitrogens with zero attached hydrogens (tertiary/aromatic N) is 2. The fourth-order valence-electron chi connectivity index (χ4n) is 10.6. The van der Waals surface area contributed by atoms with Crippen LogP contribution >= 0.6 is 0 Å². The lowest BCUT2D eigenvalue weighted by Crippen LogP contribution is -2.62. The van der Waals surface area contributed by atoms with E-state index in [1.807, 2.05) is 7.05 Å². The first-order chi connectivity index (χ1) is 20.7. The van der Waals surface area contributed by atoms with Crippen LogP contribution in [0.5, 0.6) is 0 Å². The smallest absolute Gasteiger partial charge is 0.254 e. The van der Waals surface area contributed by atoms with Crippen LogP contribution in [0.2, 0.25) is 0 Å². The summed E-state index contributed by atoms with van der Waals surface area (Å²) in [5, 5.41) is 0. The van der Waals surface area contributed by atoms with Gasteiger partial charge in [0, 0.05) is 37.7 Å². The van der Waals surface area contributed by atoms with Crippen molar-refractivity contribution in [2.45, 2.75) is 148 Å². The number of amides is 2. The maximum atomic E-state index is 14.1. The van der Waals surface area contributed by atoms with E-state index in [9.17, 15) is 14.0 Å². The summed E-state index contributed by atoms with van der Waals surface area (Å²) in [5.41, 5.74) is 0.955. The predicted octanol–water partition coefficient (Wildman–Crippen LogP) is 9.42. The fraction of sp³-hybridized carbons (Fsp3) is 0.789. The van der Waals surface area contributed by atoms with E-state index in [0.717, 1.165) is 38.6 Å². The average molecular weight is 595 g/mol. The van der Waals surface area contributed by atoms with Crippen molar-refractivity contribution in [2.75, 3.05) is 13.6 Å². The minimum atomic E-state index is -0.289. The molecule has 3 saturated carbocycles. The standard InChI is InChI=1S/C38H59FN2O2/c1-5-6-7-8-9-10-11-12-13-14-27-41(36(43)28-15-17-29(39)18-16-28)34-22-20-31-30-19-21-33-37(2,26-24-35(42)40(33)4)32(30)23-25-38(31,34)3/h15-18,30-34H,5-14,19-27H2,1-4H3/t30-,31-,32-,33+,34-,37+,38-/m0/s1. The summed E-state index contributed by atoms with van der Waals surface area (Å²) in [6.45, 7) is 8.06. The van der Waals surface area contributed by atoms with Crippen LogP contribution in [0.3, 0.4) is 0 Å².